The molecule has 1 heterocycles. The molecule has 6 heteroatoms. The molecular formula is C14H19N3O2S. The van der Waals surface area contributed by atoms with Gasteiger partial charge in [-0.3, -0.25) is 0 Å². The van der Waals surface area contributed by atoms with Crippen LogP contribution in [-0.4, -0.2) is 50.8 Å². The third-order valence-electron chi connectivity index (χ3n) is 3.82. The molecule has 5 nitrogen and oxygen atoms in total. The van der Waals surface area contributed by atoms with Gasteiger partial charge in [0.15, 0.2) is 0 Å². The summed E-state index contributed by atoms with van der Waals surface area (Å²) >= 11 is 0. The fourth-order valence-electron chi connectivity index (χ4n) is 2.63. The van der Waals surface area contributed by atoms with Crippen molar-refractivity contribution < 1.29 is 8.42 Å². The van der Waals surface area contributed by atoms with Crippen LogP contribution in [0.25, 0.3) is 0 Å². The summed E-state index contributed by atoms with van der Waals surface area (Å²) in [5, 5.41) is 8.76. The Balaban J connectivity index is 2.25. The molecule has 1 aromatic rings. The third kappa shape index (κ3) is 2.70. The zero-order valence-electron chi connectivity index (χ0n) is 11.9. The lowest BCUT2D eigenvalue weighted by Crippen LogP contribution is -2.35. The molecule has 20 heavy (non-hydrogen) atoms. The monoisotopic (exact) mass is 293 g/mol. The lowest BCUT2D eigenvalue weighted by molar-refractivity contribution is 0.263. The van der Waals surface area contributed by atoms with E-state index in [9.17, 15) is 8.42 Å². The maximum absolute atomic E-state index is 12.6. The Morgan fingerprint density at radius 3 is 2.30 bits per heavy atom. The smallest absolute Gasteiger partial charge is 0.243 e. The molecule has 0 radical (unpaired) electrons. The first-order valence-corrected chi connectivity index (χ1v) is 7.97. The second-order valence-electron chi connectivity index (χ2n) is 5.47. The second kappa shape index (κ2) is 5.52. The fourth-order valence-corrected chi connectivity index (χ4v) is 4.18. The van der Waals surface area contributed by atoms with Gasteiger partial charge in [0.1, 0.15) is 0 Å². The van der Waals surface area contributed by atoms with E-state index in [4.69, 9.17) is 5.26 Å². The average Bonchev–Trinajstić information content (AvgIpc) is 2.82. The van der Waals surface area contributed by atoms with Gasteiger partial charge >= 0.3 is 0 Å². The number of benzene rings is 1. The van der Waals surface area contributed by atoms with Crippen molar-refractivity contribution in [2.45, 2.75) is 17.9 Å². The molecule has 0 saturated carbocycles. The number of sulfonamides is 1. The summed E-state index contributed by atoms with van der Waals surface area (Å²) in [5.74, 6) is 0.304. The van der Waals surface area contributed by atoms with Gasteiger partial charge in [0.05, 0.1) is 16.5 Å². The molecule has 1 aromatic carbocycles. The van der Waals surface area contributed by atoms with E-state index in [0.29, 0.717) is 24.6 Å². The predicted octanol–water partition coefficient (Wildman–Crippen LogP) is 1.13. The number of hydrogen-bond donors (Lipinski definition) is 0. The topological polar surface area (TPSA) is 64.4 Å². The van der Waals surface area contributed by atoms with Crippen LogP contribution >= 0.6 is 0 Å². The molecule has 1 aliphatic rings. The molecular weight excluding hydrogens is 274 g/mol. The van der Waals surface area contributed by atoms with Crippen LogP contribution in [0.2, 0.25) is 0 Å². The Morgan fingerprint density at radius 2 is 1.85 bits per heavy atom. The molecule has 0 aliphatic carbocycles. The highest BCUT2D eigenvalue weighted by molar-refractivity contribution is 7.89. The van der Waals surface area contributed by atoms with Crippen LogP contribution in [0.3, 0.4) is 0 Å². The number of likely N-dealkylation sites (N-methyl/N-ethyl adjacent to an activating group) is 1. The van der Waals surface area contributed by atoms with Gasteiger partial charge in [-0.1, -0.05) is 6.92 Å². The van der Waals surface area contributed by atoms with Gasteiger partial charge in [-0.25, -0.2) is 8.42 Å². The van der Waals surface area contributed by atoms with Crippen molar-refractivity contribution in [2.75, 3.05) is 27.2 Å². The van der Waals surface area contributed by atoms with Crippen LogP contribution in [0.5, 0.6) is 0 Å². The van der Waals surface area contributed by atoms with Crippen molar-refractivity contribution in [2.24, 2.45) is 5.92 Å². The van der Waals surface area contributed by atoms with Crippen molar-refractivity contribution >= 4 is 10.0 Å². The zero-order chi connectivity index (χ0) is 14.9. The van der Waals surface area contributed by atoms with E-state index < -0.39 is 10.0 Å². The highest BCUT2D eigenvalue weighted by Gasteiger charge is 2.37. The van der Waals surface area contributed by atoms with E-state index >= 15 is 0 Å². The number of rotatable bonds is 3. The van der Waals surface area contributed by atoms with Crippen molar-refractivity contribution in [1.82, 2.24) is 9.21 Å². The highest BCUT2D eigenvalue weighted by atomic mass is 32.2. The Hall–Kier alpha value is -1.42. The van der Waals surface area contributed by atoms with E-state index in [2.05, 4.69) is 11.8 Å². The average molecular weight is 293 g/mol. The minimum absolute atomic E-state index is 0.239. The van der Waals surface area contributed by atoms with E-state index in [-0.39, 0.29) is 10.9 Å². The van der Waals surface area contributed by atoms with Crippen LogP contribution < -0.4 is 0 Å². The summed E-state index contributed by atoms with van der Waals surface area (Å²) in [7, 11) is 0.477. The molecule has 0 N–H and O–H groups in total. The molecule has 2 rings (SSSR count). The lowest BCUT2D eigenvalue weighted by atomic mass is 10.1. The first-order chi connectivity index (χ1) is 9.36. The van der Waals surface area contributed by atoms with Gasteiger partial charge in [0, 0.05) is 19.1 Å². The van der Waals surface area contributed by atoms with Crippen LogP contribution in [0.4, 0.5) is 0 Å². The van der Waals surface area contributed by atoms with Gasteiger partial charge in [0.2, 0.25) is 10.0 Å². The fraction of sp³-hybridized carbons (Fsp3) is 0.500. The van der Waals surface area contributed by atoms with Crippen molar-refractivity contribution in [3.63, 3.8) is 0 Å². The lowest BCUT2D eigenvalue weighted by Gasteiger charge is -2.22. The molecule has 0 aromatic heterocycles. The number of hydrogen-bond acceptors (Lipinski definition) is 4. The largest absolute Gasteiger partial charge is 0.305 e. The maximum Gasteiger partial charge on any atom is 0.243 e. The third-order valence-corrected chi connectivity index (χ3v) is 5.67. The molecule has 108 valence electrons. The zero-order valence-corrected chi connectivity index (χ0v) is 12.8. The quantitative estimate of drug-likeness (QED) is 0.838. The summed E-state index contributed by atoms with van der Waals surface area (Å²) in [6.45, 7) is 3.11. The molecule has 0 bridgehead atoms. The number of nitriles is 1. The SMILES string of the molecule is CC1CN(S(=O)(=O)c2ccc(C#N)cc2)CC1N(C)C. The first kappa shape index (κ1) is 15.0. The normalized spacial score (nSPS) is 23.9. The number of nitrogens with zero attached hydrogens (tertiary/aromatic N) is 3. The molecule has 0 spiro atoms. The Morgan fingerprint density at radius 1 is 1.25 bits per heavy atom. The van der Waals surface area contributed by atoms with E-state index in [1.165, 1.54) is 28.6 Å². The van der Waals surface area contributed by atoms with Gasteiger partial charge in [-0.05, 0) is 44.3 Å². The van der Waals surface area contributed by atoms with Gasteiger partial charge in [0.25, 0.3) is 0 Å². The molecule has 2 atom stereocenters. The minimum atomic E-state index is -3.47. The maximum atomic E-state index is 12.6. The van der Waals surface area contributed by atoms with Crippen molar-refractivity contribution in [3.8, 4) is 6.07 Å². The Labute approximate surface area is 120 Å². The summed E-state index contributed by atoms with van der Waals surface area (Å²) in [6, 6.07) is 8.31. The van der Waals surface area contributed by atoms with Crippen LogP contribution in [0, 0.1) is 17.2 Å². The van der Waals surface area contributed by atoms with Crippen LogP contribution in [-0.2, 0) is 10.0 Å². The second-order valence-corrected chi connectivity index (χ2v) is 7.40. The summed E-state index contributed by atoms with van der Waals surface area (Å²) in [6.07, 6.45) is 0. The van der Waals surface area contributed by atoms with E-state index in [1.54, 1.807) is 0 Å². The summed E-state index contributed by atoms with van der Waals surface area (Å²) < 4.78 is 26.7. The summed E-state index contributed by atoms with van der Waals surface area (Å²) in [5.41, 5.74) is 0.463. The van der Waals surface area contributed by atoms with Gasteiger partial charge in [-0.15, -0.1) is 0 Å². The van der Waals surface area contributed by atoms with Crippen molar-refractivity contribution in [1.29, 1.82) is 5.26 Å². The van der Waals surface area contributed by atoms with Crippen LogP contribution in [0.1, 0.15) is 12.5 Å². The first-order valence-electron chi connectivity index (χ1n) is 6.53. The standard InChI is InChI=1S/C14H19N3O2S/c1-11-9-17(10-14(11)16(2)3)20(18,19)13-6-4-12(8-15)5-7-13/h4-7,11,14H,9-10H2,1-3H3. The van der Waals surface area contributed by atoms with E-state index in [0.717, 1.165) is 0 Å². The molecule has 1 fully saturated rings. The highest BCUT2D eigenvalue weighted by Crippen LogP contribution is 2.26. The molecule has 0 amide bonds. The molecule has 2 unspecified atom stereocenters. The summed E-state index contributed by atoms with van der Waals surface area (Å²) in [4.78, 5) is 2.32. The Kier molecular flexibility index (Phi) is 4.14. The minimum Gasteiger partial charge on any atom is -0.305 e. The van der Waals surface area contributed by atoms with E-state index in [1.807, 2.05) is 20.2 Å². The van der Waals surface area contributed by atoms with Gasteiger partial charge < -0.3 is 4.90 Å². The van der Waals surface area contributed by atoms with Gasteiger partial charge in [-0.2, -0.15) is 9.57 Å². The molecule has 1 aliphatic heterocycles. The van der Waals surface area contributed by atoms with Crippen LogP contribution in [0.15, 0.2) is 29.2 Å². The van der Waals surface area contributed by atoms with Crippen molar-refractivity contribution in [3.05, 3.63) is 29.8 Å². The predicted molar refractivity (Wildman–Crippen MR) is 76.6 cm³/mol. The Bertz CT molecular complexity index is 617. The molecule has 1 saturated heterocycles.